The molecular formula is C15H23ClN2O3. The summed E-state index contributed by atoms with van der Waals surface area (Å²) >= 11 is 0. The normalized spacial score (nSPS) is 17.1. The molecule has 0 aromatic heterocycles. The van der Waals surface area contributed by atoms with Crippen LogP contribution in [0.1, 0.15) is 18.4 Å². The Bertz CT molecular complexity index is 419. The number of rotatable bonds is 7. The van der Waals surface area contributed by atoms with Gasteiger partial charge >= 0.3 is 0 Å². The highest BCUT2D eigenvalue weighted by Crippen LogP contribution is 2.11. The number of methoxy groups -OCH3 is 1. The van der Waals surface area contributed by atoms with Crippen molar-refractivity contribution in [2.75, 3.05) is 26.8 Å². The van der Waals surface area contributed by atoms with Crippen molar-refractivity contribution >= 4 is 18.3 Å². The summed E-state index contributed by atoms with van der Waals surface area (Å²) in [6.07, 6.45) is 2.47. The van der Waals surface area contributed by atoms with E-state index in [1.54, 1.807) is 7.11 Å². The summed E-state index contributed by atoms with van der Waals surface area (Å²) in [5, 5.41) is 6.00. The predicted octanol–water partition coefficient (Wildman–Crippen LogP) is 1.50. The molecule has 0 radical (unpaired) electrons. The summed E-state index contributed by atoms with van der Waals surface area (Å²) < 4.78 is 10.6. The van der Waals surface area contributed by atoms with Crippen LogP contribution in [0.25, 0.3) is 0 Å². The third-order valence-electron chi connectivity index (χ3n) is 3.33. The minimum atomic E-state index is -0.00110. The maximum atomic E-state index is 11.7. The molecule has 2 rings (SSSR count). The third-order valence-corrected chi connectivity index (χ3v) is 3.33. The van der Waals surface area contributed by atoms with E-state index >= 15 is 0 Å². The molecule has 0 bridgehead atoms. The second-order valence-corrected chi connectivity index (χ2v) is 4.89. The van der Waals surface area contributed by atoms with Crippen molar-refractivity contribution in [3.63, 3.8) is 0 Å². The minimum Gasteiger partial charge on any atom is -0.497 e. The molecular weight excluding hydrogens is 292 g/mol. The molecule has 0 saturated carbocycles. The first-order chi connectivity index (χ1) is 9.78. The lowest BCUT2D eigenvalue weighted by molar-refractivity contribution is -0.120. The topological polar surface area (TPSA) is 59.6 Å². The smallest absolute Gasteiger partial charge is 0.234 e. The van der Waals surface area contributed by atoms with Crippen molar-refractivity contribution in [1.82, 2.24) is 10.6 Å². The first kappa shape index (κ1) is 17.8. The van der Waals surface area contributed by atoms with E-state index in [0.29, 0.717) is 13.1 Å². The van der Waals surface area contributed by atoms with Crippen LogP contribution in [0, 0.1) is 0 Å². The number of carbonyl (C=O) groups excluding carboxylic acids is 1. The quantitative estimate of drug-likeness (QED) is 0.801. The Labute approximate surface area is 131 Å². The lowest BCUT2D eigenvalue weighted by Gasteiger charge is -2.11. The fourth-order valence-corrected chi connectivity index (χ4v) is 2.16. The van der Waals surface area contributed by atoms with E-state index in [4.69, 9.17) is 9.47 Å². The van der Waals surface area contributed by atoms with Gasteiger partial charge in [0.05, 0.1) is 19.8 Å². The fraction of sp³-hybridized carbons (Fsp3) is 0.533. The molecule has 1 saturated heterocycles. The Morgan fingerprint density at radius 1 is 1.38 bits per heavy atom. The molecule has 1 fully saturated rings. The van der Waals surface area contributed by atoms with Crippen molar-refractivity contribution in [2.45, 2.75) is 25.5 Å². The molecule has 1 amide bonds. The maximum absolute atomic E-state index is 11.7. The van der Waals surface area contributed by atoms with E-state index in [1.807, 2.05) is 24.3 Å². The lowest BCUT2D eigenvalue weighted by Crippen LogP contribution is -2.36. The van der Waals surface area contributed by atoms with Gasteiger partial charge in [-0.15, -0.1) is 12.4 Å². The predicted molar refractivity (Wildman–Crippen MR) is 83.9 cm³/mol. The third kappa shape index (κ3) is 6.33. The largest absolute Gasteiger partial charge is 0.497 e. The molecule has 1 unspecified atom stereocenters. The second-order valence-electron chi connectivity index (χ2n) is 4.89. The maximum Gasteiger partial charge on any atom is 0.234 e. The lowest BCUT2D eigenvalue weighted by atomic mass is 10.2. The summed E-state index contributed by atoms with van der Waals surface area (Å²) in [5.74, 6) is 0.817. The van der Waals surface area contributed by atoms with Crippen molar-refractivity contribution in [3.8, 4) is 5.75 Å². The fourth-order valence-electron chi connectivity index (χ4n) is 2.16. The molecule has 1 aliphatic rings. The van der Waals surface area contributed by atoms with Gasteiger partial charge in [0.25, 0.3) is 0 Å². The Balaban J connectivity index is 0.00000220. The zero-order valence-electron chi connectivity index (χ0n) is 12.3. The van der Waals surface area contributed by atoms with Crippen molar-refractivity contribution in [2.24, 2.45) is 0 Å². The van der Waals surface area contributed by atoms with E-state index in [-0.39, 0.29) is 24.4 Å². The second kappa shape index (κ2) is 9.60. The molecule has 1 aromatic carbocycles. The highest BCUT2D eigenvalue weighted by Gasteiger charge is 2.14. The molecule has 2 N–H and O–H groups in total. The first-order valence-electron chi connectivity index (χ1n) is 7.00. The van der Waals surface area contributed by atoms with Crippen molar-refractivity contribution < 1.29 is 14.3 Å². The van der Waals surface area contributed by atoms with Crippen LogP contribution in [-0.4, -0.2) is 38.8 Å². The number of nitrogens with one attached hydrogen (secondary N) is 2. The van der Waals surface area contributed by atoms with Gasteiger partial charge in [-0.25, -0.2) is 0 Å². The first-order valence-corrected chi connectivity index (χ1v) is 7.00. The molecule has 0 spiro atoms. The van der Waals surface area contributed by atoms with E-state index in [1.165, 1.54) is 0 Å². The zero-order chi connectivity index (χ0) is 14.2. The van der Waals surface area contributed by atoms with Crippen LogP contribution in [0.3, 0.4) is 0 Å². The van der Waals surface area contributed by atoms with Crippen molar-refractivity contribution in [3.05, 3.63) is 29.8 Å². The molecule has 1 aromatic rings. The van der Waals surface area contributed by atoms with Gasteiger partial charge in [-0.3, -0.25) is 4.79 Å². The monoisotopic (exact) mass is 314 g/mol. The van der Waals surface area contributed by atoms with E-state index < -0.39 is 0 Å². The SMILES string of the molecule is COc1ccc(CNC(=O)CNCC2CCCO2)cc1.Cl. The summed E-state index contributed by atoms with van der Waals surface area (Å²) in [7, 11) is 1.64. The Morgan fingerprint density at radius 3 is 2.76 bits per heavy atom. The molecule has 6 heteroatoms. The molecule has 21 heavy (non-hydrogen) atoms. The van der Waals surface area contributed by atoms with Crippen LogP contribution in [0.4, 0.5) is 0 Å². The van der Waals surface area contributed by atoms with E-state index in [0.717, 1.165) is 37.3 Å². The van der Waals surface area contributed by atoms with Gasteiger partial charge in [-0.05, 0) is 30.5 Å². The molecule has 1 aliphatic heterocycles. The summed E-state index contributed by atoms with van der Waals surface area (Å²) in [5.41, 5.74) is 1.05. The molecule has 1 atom stereocenters. The number of carbonyl (C=O) groups is 1. The van der Waals surface area contributed by atoms with Crippen LogP contribution in [0.2, 0.25) is 0 Å². The molecule has 118 valence electrons. The number of hydrogen-bond donors (Lipinski definition) is 2. The van der Waals surface area contributed by atoms with Crippen LogP contribution < -0.4 is 15.4 Å². The number of benzene rings is 1. The van der Waals surface area contributed by atoms with Crippen molar-refractivity contribution in [1.29, 1.82) is 0 Å². The highest BCUT2D eigenvalue weighted by molar-refractivity contribution is 5.85. The summed E-state index contributed by atoms with van der Waals surface area (Å²) in [6, 6.07) is 7.66. The van der Waals surface area contributed by atoms with Crippen LogP contribution >= 0.6 is 12.4 Å². The van der Waals surface area contributed by atoms with Gasteiger partial charge in [0.1, 0.15) is 5.75 Å². The average molecular weight is 315 g/mol. The van der Waals surface area contributed by atoms with E-state index in [2.05, 4.69) is 10.6 Å². The Morgan fingerprint density at radius 2 is 2.14 bits per heavy atom. The minimum absolute atomic E-state index is 0. The molecule has 0 aliphatic carbocycles. The van der Waals surface area contributed by atoms with Gasteiger partial charge in [0, 0.05) is 19.7 Å². The van der Waals surface area contributed by atoms with Crippen LogP contribution in [0.15, 0.2) is 24.3 Å². The average Bonchev–Trinajstić information content (AvgIpc) is 2.99. The zero-order valence-corrected chi connectivity index (χ0v) is 13.1. The number of amides is 1. The number of halogens is 1. The number of ether oxygens (including phenoxy) is 2. The van der Waals surface area contributed by atoms with E-state index in [9.17, 15) is 4.79 Å². The Hall–Kier alpha value is -1.30. The van der Waals surface area contributed by atoms with Gasteiger partial charge in [0.2, 0.25) is 5.91 Å². The van der Waals surface area contributed by atoms with Gasteiger partial charge in [-0.1, -0.05) is 12.1 Å². The van der Waals surface area contributed by atoms with Gasteiger partial charge in [-0.2, -0.15) is 0 Å². The standard InChI is InChI=1S/C15H22N2O3.ClH/c1-19-13-6-4-12(5-7-13)9-17-15(18)11-16-10-14-3-2-8-20-14;/h4-7,14,16H,2-3,8-11H2,1H3,(H,17,18);1H. The summed E-state index contributed by atoms with van der Waals surface area (Å²) in [4.78, 5) is 11.7. The van der Waals surface area contributed by atoms with Gasteiger partial charge < -0.3 is 20.1 Å². The number of hydrogen-bond acceptors (Lipinski definition) is 4. The molecule has 5 nitrogen and oxygen atoms in total. The van der Waals surface area contributed by atoms with Crippen LogP contribution in [0.5, 0.6) is 5.75 Å². The van der Waals surface area contributed by atoms with Crippen LogP contribution in [-0.2, 0) is 16.1 Å². The van der Waals surface area contributed by atoms with Gasteiger partial charge in [0.15, 0.2) is 0 Å². The molecule has 1 heterocycles. The highest BCUT2D eigenvalue weighted by atomic mass is 35.5. The summed E-state index contributed by atoms with van der Waals surface area (Å²) in [6.45, 7) is 2.45. The Kier molecular flexibility index (Phi) is 8.12.